The molecule has 0 saturated carbocycles. The van der Waals surface area contributed by atoms with E-state index in [2.05, 4.69) is 19.2 Å². The lowest BCUT2D eigenvalue weighted by Gasteiger charge is -2.38. The van der Waals surface area contributed by atoms with E-state index in [0.29, 0.717) is 5.92 Å². The molecule has 112 valence electrons. The molecule has 1 fully saturated rings. The Morgan fingerprint density at radius 2 is 1.70 bits per heavy atom. The van der Waals surface area contributed by atoms with Gasteiger partial charge in [-0.05, 0) is 43.0 Å². The molecular formula is C16H22F3N. The fourth-order valence-corrected chi connectivity index (χ4v) is 3.13. The van der Waals surface area contributed by atoms with Crippen LogP contribution in [0.25, 0.3) is 0 Å². The number of halogens is 3. The van der Waals surface area contributed by atoms with Gasteiger partial charge in [-0.2, -0.15) is 13.2 Å². The van der Waals surface area contributed by atoms with E-state index in [1.165, 1.54) is 18.6 Å². The van der Waals surface area contributed by atoms with Crippen molar-refractivity contribution in [1.82, 2.24) is 5.32 Å². The van der Waals surface area contributed by atoms with Crippen molar-refractivity contribution < 1.29 is 13.2 Å². The first-order chi connectivity index (χ1) is 9.36. The van der Waals surface area contributed by atoms with Gasteiger partial charge in [0.25, 0.3) is 0 Å². The largest absolute Gasteiger partial charge is 0.416 e. The summed E-state index contributed by atoms with van der Waals surface area (Å²) in [4.78, 5) is 0. The number of rotatable bonds is 2. The molecule has 0 amide bonds. The second-order valence-corrected chi connectivity index (χ2v) is 5.94. The Hall–Kier alpha value is -1.03. The van der Waals surface area contributed by atoms with Gasteiger partial charge in [0.05, 0.1) is 5.56 Å². The predicted molar refractivity (Wildman–Crippen MR) is 74.4 cm³/mol. The van der Waals surface area contributed by atoms with Gasteiger partial charge in [0.15, 0.2) is 0 Å². The van der Waals surface area contributed by atoms with Crippen LogP contribution in [0.4, 0.5) is 13.2 Å². The summed E-state index contributed by atoms with van der Waals surface area (Å²) in [6.45, 7) is 5.20. The molecule has 1 N–H and O–H groups in total. The van der Waals surface area contributed by atoms with Crippen LogP contribution in [0.5, 0.6) is 0 Å². The molecule has 0 radical (unpaired) electrons. The van der Waals surface area contributed by atoms with Gasteiger partial charge in [-0.15, -0.1) is 0 Å². The Bertz CT molecular complexity index is 426. The van der Waals surface area contributed by atoms with Crippen molar-refractivity contribution in [3.63, 3.8) is 0 Å². The Labute approximate surface area is 118 Å². The summed E-state index contributed by atoms with van der Waals surface area (Å²) < 4.78 is 38.0. The van der Waals surface area contributed by atoms with Crippen LogP contribution in [0.1, 0.15) is 50.7 Å². The summed E-state index contributed by atoms with van der Waals surface area (Å²) in [6.07, 6.45) is 0.153. The number of hydrogen-bond donors (Lipinski definition) is 1. The third-order valence-corrected chi connectivity index (χ3v) is 4.40. The lowest BCUT2D eigenvalue weighted by atomic mass is 9.76. The van der Waals surface area contributed by atoms with Crippen LogP contribution in [0.3, 0.4) is 0 Å². The topological polar surface area (TPSA) is 12.0 Å². The molecule has 1 aromatic rings. The van der Waals surface area contributed by atoms with Gasteiger partial charge < -0.3 is 5.32 Å². The minimum absolute atomic E-state index is 0.194. The van der Waals surface area contributed by atoms with Crippen molar-refractivity contribution in [2.75, 3.05) is 6.54 Å². The van der Waals surface area contributed by atoms with E-state index in [1.807, 2.05) is 0 Å². The lowest BCUT2D eigenvalue weighted by Crippen LogP contribution is -2.46. The highest BCUT2D eigenvalue weighted by Gasteiger charge is 2.37. The van der Waals surface area contributed by atoms with Gasteiger partial charge >= 0.3 is 6.18 Å². The molecule has 0 spiro atoms. The fourth-order valence-electron chi connectivity index (χ4n) is 3.13. The zero-order chi connectivity index (χ0) is 14.8. The number of alkyl halides is 3. The molecule has 1 heterocycles. The van der Waals surface area contributed by atoms with E-state index in [9.17, 15) is 13.2 Å². The molecule has 0 bridgehead atoms. The average molecular weight is 285 g/mol. The summed E-state index contributed by atoms with van der Waals surface area (Å²) in [5.41, 5.74) is 0.205. The monoisotopic (exact) mass is 285 g/mol. The van der Waals surface area contributed by atoms with Crippen molar-refractivity contribution in [3.05, 3.63) is 35.4 Å². The van der Waals surface area contributed by atoms with Crippen molar-refractivity contribution in [2.24, 2.45) is 5.92 Å². The number of hydrogen-bond acceptors (Lipinski definition) is 1. The molecule has 4 heteroatoms. The summed E-state index contributed by atoms with van der Waals surface area (Å²) in [6, 6.07) is 5.68. The summed E-state index contributed by atoms with van der Waals surface area (Å²) >= 11 is 0. The van der Waals surface area contributed by atoms with Crippen LogP contribution < -0.4 is 5.32 Å². The van der Waals surface area contributed by atoms with E-state index in [0.717, 1.165) is 31.4 Å². The van der Waals surface area contributed by atoms with E-state index in [1.54, 1.807) is 12.1 Å². The molecule has 1 unspecified atom stereocenters. The van der Waals surface area contributed by atoms with Crippen LogP contribution in [-0.4, -0.2) is 6.54 Å². The second-order valence-electron chi connectivity index (χ2n) is 5.94. The van der Waals surface area contributed by atoms with Crippen LogP contribution in [0.2, 0.25) is 0 Å². The first kappa shape index (κ1) is 15.4. The maximum absolute atomic E-state index is 12.7. The highest BCUT2D eigenvalue weighted by molar-refractivity contribution is 5.31. The molecule has 1 aliphatic heterocycles. The van der Waals surface area contributed by atoms with E-state index in [-0.39, 0.29) is 5.54 Å². The summed E-state index contributed by atoms with van der Waals surface area (Å²) in [5.74, 6) is 0.345. The molecule has 0 aromatic heterocycles. The van der Waals surface area contributed by atoms with Crippen LogP contribution in [-0.2, 0) is 11.7 Å². The molecule has 0 aliphatic carbocycles. The van der Waals surface area contributed by atoms with Gasteiger partial charge in [-0.25, -0.2) is 0 Å². The summed E-state index contributed by atoms with van der Waals surface area (Å²) in [5, 5.41) is 3.59. The van der Waals surface area contributed by atoms with Crippen molar-refractivity contribution in [1.29, 1.82) is 0 Å². The zero-order valence-corrected chi connectivity index (χ0v) is 12.1. The molecule has 1 aliphatic rings. The lowest BCUT2D eigenvalue weighted by molar-refractivity contribution is -0.137. The minimum atomic E-state index is -4.26. The molecular weight excluding hydrogens is 263 g/mol. The molecule has 1 atom stereocenters. The Kier molecular flexibility index (Phi) is 4.43. The van der Waals surface area contributed by atoms with Gasteiger partial charge in [0.1, 0.15) is 0 Å². The maximum atomic E-state index is 12.7. The van der Waals surface area contributed by atoms with Crippen molar-refractivity contribution >= 4 is 0 Å². The highest BCUT2D eigenvalue weighted by Crippen LogP contribution is 2.38. The van der Waals surface area contributed by atoms with Crippen LogP contribution >= 0.6 is 0 Å². The summed E-state index contributed by atoms with van der Waals surface area (Å²) in [7, 11) is 0. The zero-order valence-electron chi connectivity index (χ0n) is 12.1. The van der Waals surface area contributed by atoms with Gasteiger partial charge in [0, 0.05) is 5.54 Å². The van der Waals surface area contributed by atoms with E-state index < -0.39 is 11.7 Å². The molecule has 20 heavy (non-hydrogen) atoms. The van der Waals surface area contributed by atoms with Crippen molar-refractivity contribution in [2.45, 2.75) is 51.2 Å². The quantitative estimate of drug-likeness (QED) is 0.829. The van der Waals surface area contributed by atoms with E-state index in [4.69, 9.17) is 0 Å². The highest BCUT2D eigenvalue weighted by atomic mass is 19.4. The molecule has 2 rings (SSSR count). The van der Waals surface area contributed by atoms with Gasteiger partial charge in [-0.1, -0.05) is 38.8 Å². The van der Waals surface area contributed by atoms with Gasteiger partial charge in [-0.3, -0.25) is 0 Å². The molecule has 1 aromatic carbocycles. The van der Waals surface area contributed by atoms with Crippen LogP contribution in [0.15, 0.2) is 24.3 Å². The average Bonchev–Trinajstić information content (AvgIpc) is 2.64. The second kappa shape index (κ2) is 5.76. The number of nitrogens with one attached hydrogen (secondary N) is 1. The predicted octanol–water partition coefficient (Wildman–Crippen LogP) is 4.72. The third-order valence-electron chi connectivity index (χ3n) is 4.40. The standard InChI is InChI=1S/C16H22F3N/c1-12(2)15(10-4-3-5-11-20-15)13-6-8-14(9-7-13)16(17,18)19/h6-9,12,20H,3-5,10-11H2,1-2H3. The maximum Gasteiger partial charge on any atom is 0.416 e. The Morgan fingerprint density at radius 3 is 2.25 bits per heavy atom. The van der Waals surface area contributed by atoms with Gasteiger partial charge in [0.2, 0.25) is 0 Å². The minimum Gasteiger partial charge on any atom is -0.307 e. The fraction of sp³-hybridized carbons (Fsp3) is 0.625. The first-order valence-corrected chi connectivity index (χ1v) is 7.29. The third kappa shape index (κ3) is 3.00. The number of benzene rings is 1. The smallest absolute Gasteiger partial charge is 0.307 e. The SMILES string of the molecule is CC(C)C1(c2ccc(C(F)(F)F)cc2)CCCCCN1. The van der Waals surface area contributed by atoms with Crippen molar-refractivity contribution in [3.8, 4) is 0 Å². The molecule has 1 saturated heterocycles. The Balaban J connectivity index is 2.34. The van der Waals surface area contributed by atoms with E-state index >= 15 is 0 Å². The first-order valence-electron chi connectivity index (χ1n) is 7.29. The molecule has 1 nitrogen and oxygen atoms in total. The normalized spacial score (nSPS) is 24.7. The van der Waals surface area contributed by atoms with Crippen LogP contribution in [0, 0.1) is 5.92 Å². The Morgan fingerprint density at radius 1 is 1.05 bits per heavy atom.